The summed E-state index contributed by atoms with van der Waals surface area (Å²) in [4.78, 5) is 14.6. The Bertz CT molecular complexity index is 1680. The predicted octanol–water partition coefficient (Wildman–Crippen LogP) is 12.0. The van der Waals surface area contributed by atoms with E-state index in [0.717, 1.165) is 50.4 Å². The normalized spacial score (nSPS) is 13.2. The molecule has 0 aliphatic heterocycles. The monoisotopic (exact) mass is 739 g/mol. The number of aromatic hydroxyl groups is 3. The van der Waals surface area contributed by atoms with Gasteiger partial charge in [-0.05, 0) is 68.9 Å². The molecule has 0 fully saturated rings. The maximum atomic E-state index is 11.4. The summed E-state index contributed by atoms with van der Waals surface area (Å²) in [6.07, 6.45) is 0. The second-order valence-electron chi connectivity index (χ2n) is 20.9. The first kappa shape index (κ1) is 42.2. The van der Waals surface area contributed by atoms with E-state index >= 15 is 0 Å². The lowest BCUT2D eigenvalue weighted by Gasteiger charge is -2.28. The van der Waals surface area contributed by atoms with E-state index in [2.05, 4.69) is 141 Å². The first-order valence-electron chi connectivity index (χ1n) is 19.0. The lowest BCUT2D eigenvalue weighted by atomic mass is 9.79. The number of rotatable bonds is 6. The van der Waals surface area contributed by atoms with Crippen molar-refractivity contribution in [2.45, 2.75) is 157 Å². The molecule has 1 heterocycles. The van der Waals surface area contributed by atoms with Crippen LogP contribution in [0.3, 0.4) is 0 Å². The van der Waals surface area contributed by atoms with E-state index < -0.39 is 0 Å². The summed E-state index contributed by atoms with van der Waals surface area (Å²) >= 11 is 0. The van der Waals surface area contributed by atoms with Crippen molar-refractivity contribution in [3.05, 3.63) is 69.8 Å². The van der Waals surface area contributed by atoms with Gasteiger partial charge in [0.2, 0.25) is 17.8 Å². The number of hydrogen-bond donors (Lipinski definition) is 6. The highest BCUT2D eigenvalue weighted by Gasteiger charge is 2.30. The van der Waals surface area contributed by atoms with Crippen molar-refractivity contribution in [1.29, 1.82) is 0 Å². The number of phenols is 3. The zero-order chi connectivity index (χ0) is 41.1. The van der Waals surface area contributed by atoms with Gasteiger partial charge in [-0.2, -0.15) is 15.0 Å². The van der Waals surface area contributed by atoms with Crippen LogP contribution in [-0.4, -0.2) is 30.3 Å². The van der Waals surface area contributed by atoms with Gasteiger partial charge in [0.05, 0.1) is 0 Å². The number of anilines is 6. The van der Waals surface area contributed by atoms with Crippen LogP contribution in [0.4, 0.5) is 34.9 Å². The van der Waals surface area contributed by atoms with Gasteiger partial charge in [-0.25, -0.2) is 0 Å². The molecule has 0 saturated heterocycles. The molecule has 9 nitrogen and oxygen atoms in total. The van der Waals surface area contributed by atoms with Gasteiger partial charge in [-0.3, -0.25) is 0 Å². The Morgan fingerprint density at radius 3 is 0.593 bits per heavy atom. The fourth-order valence-corrected chi connectivity index (χ4v) is 6.48. The van der Waals surface area contributed by atoms with Gasteiger partial charge in [0.15, 0.2) is 0 Å². The van der Waals surface area contributed by atoms with E-state index in [1.165, 1.54) is 0 Å². The van der Waals surface area contributed by atoms with Gasteiger partial charge in [0, 0.05) is 50.4 Å². The van der Waals surface area contributed by atoms with Gasteiger partial charge >= 0.3 is 0 Å². The smallest absolute Gasteiger partial charge is 0.233 e. The number of nitrogens with one attached hydrogen (secondary N) is 3. The molecule has 0 spiro atoms. The average Bonchev–Trinajstić information content (AvgIpc) is 2.96. The fourth-order valence-electron chi connectivity index (χ4n) is 6.48. The number of aromatic nitrogens is 3. The molecule has 6 N–H and O–H groups in total. The van der Waals surface area contributed by atoms with Crippen LogP contribution in [0.5, 0.6) is 17.2 Å². The minimum Gasteiger partial charge on any atom is -0.507 e. The molecule has 1 aromatic heterocycles. The highest BCUT2D eigenvalue weighted by molar-refractivity contribution is 5.68. The van der Waals surface area contributed by atoms with Gasteiger partial charge in [0.1, 0.15) is 17.2 Å². The van der Waals surface area contributed by atoms with Crippen LogP contribution < -0.4 is 16.0 Å². The molecule has 4 aromatic rings. The summed E-state index contributed by atoms with van der Waals surface area (Å²) in [6.45, 7) is 37.4. The van der Waals surface area contributed by atoms with E-state index in [9.17, 15) is 15.3 Å². The molecule has 0 unspecified atom stereocenters. The van der Waals surface area contributed by atoms with Crippen molar-refractivity contribution < 1.29 is 15.3 Å². The standard InChI is InChI=1S/C45H66N6O3/c1-40(2,3)28-19-25(20-29(34(28)52)41(4,5)6)46-37-49-38(47-26-21-30(42(7,8)9)35(53)31(22-26)43(10,11)12)51-39(50-37)48-27-23-32(44(13,14)15)36(54)33(24-27)45(16,17)18/h19-24,52-54H,1-18H3,(H3,46,47,48,49,50,51). The Balaban J connectivity index is 1.96. The van der Waals surface area contributed by atoms with E-state index in [1.807, 2.05) is 36.4 Å². The average molecular weight is 739 g/mol. The molecule has 0 radical (unpaired) electrons. The molecular formula is C45H66N6O3. The SMILES string of the molecule is CC(C)(C)c1cc(Nc2nc(Nc3cc(C(C)(C)C)c(O)c(C(C)(C)C)c3)nc(Nc3cc(C(C)(C)C)c(O)c(C(C)(C)C)c3)n2)cc(C(C)(C)C)c1O. The lowest BCUT2D eigenvalue weighted by Crippen LogP contribution is -2.18. The largest absolute Gasteiger partial charge is 0.507 e. The third-order valence-electron chi connectivity index (χ3n) is 9.58. The minimum atomic E-state index is -0.330. The van der Waals surface area contributed by atoms with Crippen molar-refractivity contribution in [3.63, 3.8) is 0 Å². The molecule has 0 aliphatic rings. The molecule has 0 aliphatic carbocycles. The third-order valence-corrected chi connectivity index (χ3v) is 9.58. The predicted molar refractivity (Wildman–Crippen MR) is 226 cm³/mol. The Morgan fingerprint density at radius 2 is 0.463 bits per heavy atom. The molecule has 294 valence electrons. The highest BCUT2D eigenvalue weighted by atomic mass is 16.3. The van der Waals surface area contributed by atoms with Crippen LogP contribution in [0, 0.1) is 0 Å². The van der Waals surface area contributed by atoms with Crippen LogP contribution in [0.25, 0.3) is 0 Å². The van der Waals surface area contributed by atoms with Gasteiger partial charge < -0.3 is 31.3 Å². The minimum absolute atomic E-state index is 0.286. The Hall–Kier alpha value is -4.53. The Kier molecular flexibility index (Phi) is 10.9. The molecule has 4 rings (SSSR count). The van der Waals surface area contributed by atoms with Crippen molar-refractivity contribution in [1.82, 2.24) is 15.0 Å². The quantitative estimate of drug-likeness (QED) is 0.107. The van der Waals surface area contributed by atoms with E-state index in [4.69, 9.17) is 15.0 Å². The number of hydrogen-bond acceptors (Lipinski definition) is 9. The summed E-state index contributed by atoms with van der Waals surface area (Å²) in [5.74, 6) is 1.73. The molecule has 9 heteroatoms. The van der Waals surface area contributed by atoms with Crippen molar-refractivity contribution in [2.75, 3.05) is 16.0 Å². The lowest BCUT2D eigenvalue weighted by molar-refractivity contribution is 0.422. The maximum Gasteiger partial charge on any atom is 0.233 e. The first-order valence-corrected chi connectivity index (χ1v) is 19.0. The Labute approximate surface area is 324 Å². The van der Waals surface area contributed by atoms with Crippen LogP contribution in [0.1, 0.15) is 158 Å². The number of nitrogens with zero attached hydrogens (tertiary/aromatic N) is 3. The second-order valence-corrected chi connectivity index (χ2v) is 20.9. The van der Waals surface area contributed by atoms with Gasteiger partial charge in [0.25, 0.3) is 0 Å². The molecule has 3 aromatic carbocycles. The zero-order valence-electron chi connectivity index (χ0n) is 36.1. The van der Waals surface area contributed by atoms with Crippen LogP contribution >= 0.6 is 0 Å². The summed E-state index contributed by atoms with van der Waals surface area (Å²) in [6, 6.07) is 11.7. The maximum absolute atomic E-state index is 11.4. The molecule has 0 amide bonds. The number of benzene rings is 3. The number of phenolic OH excluding ortho intramolecular Hbond substituents is 3. The molecular weight excluding hydrogens is 673 g/mol. The van der Waals surface area contributed by atoms with Crippen LogP contribution in [0.15, 0.2) is 36.4 Å². The zero-order valence-corrected chi connectivity index (χ0v) is 36.1. The topological polar surface area (TPSA) is 135 Å². The van der Waals surface area contributed by atoms with E-state index in [1.54, 1.807) is 0 Å². The summed E-state index contributed by atoms with van der Waals surface area (Å²) in [7, 11) is 0. The van der Waals surface area contributed by atoms with E-state index in [0.29, 0.717) is 0 Å². The highest BCUT2D eigenvalue weighted by Crippen LogP contribution is 2.44. The van der Waals surface area contributed by atoms with Gasteiger partial charge in [-0.15, -0.1) is 0 Å². The summed E-state index contributed by atoms with van der Waals surface area (Å²) in [5.41, 5.74) is 5.08. The Morgan fingerprint density at radius 1 is 0.315 bits per heavy atom. The summed E-state index contributed by atoms with van der Waals surface area (Å²) < 4.78 is 0. The van der Waals surface area contributed by atoms with Crippen LogP contribution in [-0.2, 0) is 32.5 Å². The molecule has 0 bridgehead atoms. The fraction of sp³-hybridized carbons (Fsp3) is 0.533. The first-order chi connectivity index (χ1) is 24.3. The third kappa shape index (κ3) is 9.57. The molecule has 0 atom stereocenters. The van der Waals surface area contributed by atoms with Crippen molar-refractivity contribution in [2.24, 2.45) is 0 Å². The summed E-state index contributed by atoms with van der Waals surface area (Å²) in [5, 5.41) is 44.5. The van der Waals surface area contributed by atoms with Gasteiger partial charge in [-0.1, -0.05) is 125 Å². The van der Waals surface area contributed by atoms with Crippen LogP contribution in [0.2, 0.25) is 0 Å². The second kappa shape index (κ2) is 14.0. The van der Waals surface area contributed by atoms with Crippen molar-refractivity contribution in [3.8, 4) is 17.2 Å². The van der Waals surface area contributed by atoms with E-state index in [-0.39, 0.29) is 67.6 Å². The molecule has 0 saturated carbocycles. The van der Waals surface area contributed by atoms with Crippen molar-refractivity contribution >= 4 is 34.9 Å². The molecule has 54 heavy (non-hydrogen) atoms.